The molecule has 2 aromatic rings. The molecule has 0 atom stereocenters. The number of anilines is 1. The number of hydrogen-bond acceptors (Lipinski definition) is 8. The molecule has 24 heavy (non-hydrogen) atoms. The van der Waals surface area contributed by atoms with Gasteiger partial charge in [0.25, 0.3) is 0 Å². The zero-order valence-corrected chi connectivity index (χ0v) is 13.5. The van der Waals surface area contributed by atoms with E-state index in [1.807, 2.05) is 16.8 Å². The second-order valence-corrected chi connectivity index (χ2v) is 6.04. The lowest BCUT2D eigenvalue weighted by atomic mass is 10.3. The summed E-state index contributed by atoms with van der Waals surface area (Å²) >= 11 is 1.52. The number of carbonyl (C=O) groups excluding carboxylic acids is 1. The molecule has 0 bridgehead atoms. The van der Waals surface area contributed by atoms with E-state index < -0.39 is 5.97 Å². The highest BCUT2D eigenvalue weighted by Gasteiger charge is 2.24. The normalized spacial score (nSPS) is 19.5. The molecular formula is C16H14N4O3S. The van der Waals surface area contributed by atoms with Crippen LogP contribution in [-0.2, 0) is 14.3 Å². The van der Waals surface area contributed by atoms with Gasteiger partial charge in [-0.3, -0.25) is 0 Å². The van der Waals surface area contributed by atoms with Crippen LogP contribution >= 0.6 is 11.3 Å². The van der Waals surface area contributed by atoms with Crippen molar-refractivity contribution in [1.82, 2.24) is 9.97 Å². The minimum atomic E-state index is -0.464. The van der Waals surface area contributed by atoms with E-state index in [0.717, 1.165) is 18.7 Å². The molecule has 122 valence electrons. The number of aromatic nitrogens is 2. The summed E-state index contributed by atoms with van der Waals surface area (Å²) in [5.41, 5.74) is 1.75. The molecule has 1 fully saturated rings. The first-order valence-electron chi connectivity index (χ1n) is 7.49. The van der Waals surface area contributed by atoms with Crippen LogP contribution in [-0.4, -0.2) is 48.1 Å². The van der Waals surface area contributed by atoms with Crippen LogP contribution < -0.4 is 4.90 Å². The highest BCUT2D eigenvalue weighted by atomic mass is 32.1. The van der Waals surface area contributed by atoms with Crippen LogP contribution in [0.2, 0.25) is 0 Å². The standard InChI is InChI=1S/C16H14N4O3S/c21-15-13(19-14(23-15)12-1-6-24-10-12)7-11-8-17-16(18-9-11)20-2-4-22-5-3-20/h1,6-10H,2-5H2. The van der Waals surface area contributed by atoms with Crippen molar-refractivity contribution >= 4 is 35.2 Å². The van der Waals surface area contributed by atoms with Crippen molar-refractivity contribution < 1.29 is 14.3 Å². The fourth-order valence-corrected chi connectivity index (χ4v) is 3.04. The molecular weight excluding hydrogens is 328 g/mol. The highest BCUT2D eigenvalue weighted by Crippen LogP contribution is 2.20. The Labute approximate surface area is 142 Å². The smallest absolute Gasteiger partial charge is 0.363 e. The van der Waals surface area contributed by atoms with Gasteiger partial charge in [0, 0.05) is 42.0 Å². The molecule has 1 saturated heterocycles. The van der Waals surface area contributed by atoms with Crippen LogP contribution in [0.5, 0.6) is 0 Å². The summed E-state index contributed by atoms with van der Waals surface area (Å²) in [6, 6.07) is 1.86. The number of esters is 1. The van der Waals surface area contributed by atoms with Crippen molar-refractivity contribution in [2.45, 2.75) is 0 Å². The number of cyclic esters (lactones) is 1. The summed E-state index contributed by atoms with van der Waals surface area (Å²) in [5.74, 6) is 0.531. The number of ether oxygens (including phenoxy) is 2. The minimum absolute atomic E-state index is 0.249. The Balaban J connectivity index is 1.53. The summed E-state index contributed by atoms with van der Waals surface area (Å²) in [7, 11) is 0. The molecule has 4 heterocycles. The number of morpholine rings is 1. The van der Waals surface area contributed by atoms with E-state index in [0.29, 0.717) is 30.6 Å². The average molecular weight is 342 g/mol. The van der Waals surface area contributed by atoms with Crippen molar-refractivity contribution in [3.8, 4) is 0 Å². The Morgan fingerprint density at radius 1 is 1.21 bits per heavy atom. The Bertz CT molecular complexity index is 793. The van der Waals surface area contributed by atoms with Crippen LogP contribution in [0, 0.1) is 0 Å². The topological polar surface area (TPSA) is 76.9 Å². The van der Waals surface area contributed by atoms with Crippen LogP contribution in [0.25, 0.3) is 6.08 Å². The van der Waals surface area contributed by atoms with Crippen LogP contribution in [0.1, 0.15) is 11.1 Å². The van der Waals surface area contributed by atoms with E-state index in [1.54, 1.807) is 18.5 Å². The number of carbonyl (C=O) groups is 1. The van der Waals surface area contributed by atoms with Crippen LogP contribution in [0.15, 0.2) is 39.9 Å². The summed E-state index contributed by atoms with van der Waals surface area (Å²) in [5, 5.41) is 3.79. The molecule has 0 unspecified atom stereocenters. The maximum absolute atomic E-state index is 11.9. The molecule has 0 amide bonds. The lowest BCUT2D eigenvalue weighted by molar-refractivity contribution is -0.129. The summed E-state index contributed by atoms with van der Waals surface area (Å²) in [6.07, 6.45) is 4.98. The lowest BCUT2D eigenvalue weighted by Crippen LogP contribution is -2.37. The zero-order valence-electron chi connectivity index (χ0n) is 12.7. The van der Waals surface area contributed by atoms with Gasteiger partial charge in [-0.2, -0.15) is 11.3 Å². The lowest BCUT2D eigenvalue weighted by Gasteiger charge is -2.26. The third kappa shape index (κ3) is 3.06. The summed E-state index contributed by atoms with van der Waals surface area (Å²) in [4.78, 5) is 27.0. The molecule has 0 spiro atoms. The largest absolute Gasteiger partial charge is 0.402 e. The average Bonchev–Trinajstić information content (AvgIpc) is 3.27. The number of nitrogens with zero attached hydrogens (tertiary/aromatic N) is 4. The van der Waals surface area contributed by atoms with Crippen molar-refractivity contribution in [2.24, 2.45) is 4.99 Å². The maximum atomic E-state index is 11.9. The zero-order chi connectivity index (χ0) is 16.4. The van der Waals surface area contributed by atoms with E-state index in [2.05, 4.69) is 19.9 Å². The van der Waals surface area contributed by atoms with Crippen molar-refractivity contribution in [3.63, 3.8) is 0 Å². The van der Waals surface area contributed by atoms with Crippen LogP contribution in [0.4, 0.5) is 5.95 Å². The quantitative estimate of drug-likeness (QED) is 0.624. The molecule has 8 heteroatoms. The summed E-state index contributed by atoms with van der Waals surface area (Å²) in [6.45, 7) is 2.92. The van der Waals surface area contributed by atoms with Gasteiger partial charge in [-0.15, -0.1) is 0 Å². The van der Waals surface area contributed by atoms with Gasteiger partial charge in [0.1, 0.15) is 0 Å². The number of thiophene rings is 1. The van der Waals surface area contributed by atoms with E-state index in [-0.39, 0.29) is 5.70 Å². The Kier molecular flexibility index (Phi) is 4.06. The van der Waals surface area contributed by atoms with Crippen LogP contribution in [0.3, 0.4) is 0 Å². The van der Waals surface area contributed by atoms with Gasteiger partial charge in [0.2, 0.25) is 11.8 Å². The first-order valence-corrected chi connectivity index (χ1v) is 8.44. The van der Waals surface area contributed by atoms with Gasteiger partial charge < -0.3 is 14.4 Å². The molecule has 0 radical (unpaired) electrons. The monoisotopic (exact) mass is 342 g/mol. The number of hydrogen-bond donors (Lipinski definition) is 0. The minimum Gasteiger partial charge on any atom is -0.402 e. The van der Waals surface area contributed by atoms with Gasteiger partial charge in [0.15, 0.2) is 5.70 Å². The highest BCUT2D eigenvalue weighted by molar-refractivity contribution is 7.08. The first-order chi connectivity index (χ1) is 11.8. The fourth-order valence-electron chi connectivity index (χ4n) is 2.41. The second kappa shape index (κ2) is 6.50. The second-order valence-electron chi connectivity index (χ2n) is 5.26. The third-order valence-electron chi connectivity index (χ3n) is 3.64. The molecule has 0 aromatic carbocycles. The molecule has 2 aliphatic rings. The molecule has 0 aliphatic carbocycles. The SMILES string of the molecule is O=C1OC(c2ccsc2)=NC1=Cc1cnc(N2CCOCC2)nc1. The van der Waals surface area contributed by atoms with Gasteiger partial charge in [-0.05, 0) is 17.5 Å². The van der Waals surface area contributed by atoms with E-state index in [9.17, 15) is 4.79 Å². The molecule has 0 N–H and O–H groups in total. The van der Waals surface area contributed by atoms with Gasteiger partial charge >= 0.3 is 5.97 Å². The van der Waals surface area contributed by atoms with E-state index in [4.69, 9.17) is 9.47 Å². The predicted molar refractivity (Wildman–Crippen MR) is 90.0 cm³/mol. The van der Waals surface area contributed by atoms with Gasteiger partial charge in [-0.25, -0.2) is 19.8 Å². The molecule has 2 aromatic heterocycles. The Morgan fingerprint density at radius 2 is 2.00 bits per heavy atom. The van der Waals surface area contributed by atoms with E-state index >= 15 is 0 Å². The molecule has 4 rings (SSSR count). The van der Waals surface area contributed by atoms with Crippen molar-refractivity contribution in [3.05, 3.63) is 46.0 Å². The first kappa shape index (κ1) is 15.0. The Morgan fingerprint density at radius 3 is 2.71 bits per heavy atom. The summed E-state index contributed by atoms with van der Waals surface area (Å²) < 4.78 is 10.5. The maximum Gasteiger partial charge on any atom is 0.363 e. The third-order valence-corrected chi connectivity index (χ3v) is 4.33. The predicted octanol–water partition coefficient (Wildman–Crippen LogP) is 1.72. The molecule has 7 nitrogen and oxygen atoms in total. The van der Waals surface area contributed by atoms with E-state index in [1.165, 1.54) is 11.3 Å². The number of rotatable bonds is 3. The molecule has 2 aliphatic heterocycles. The number of aliphatic imine (C=N–C) groups is 1. The molecule has 0 saturated carbocycles. The van der Waals surface area contributed by atoms with Gasteiger partial charge in [0.05, 0.1) is 13.2 Å². The van der Waals surface area contributed by atoms with Gasteiger partial charge in [-0.1, -0.05) is 0 Å². The Hall–Kier alpha value is -2.58. The fraction of sp³-hybridized carbons (Fsp3) is 0.250. The van der Waals surface area contributed by atoms with Crippen molar-refractivity contribution in [1.29, 1.82) is 0 Å². The van der Waals surface area contributed by atoms with Crippen molar-refractivity contribution in [2.75, 3.05) is 31.2 Å².